The van der Waals surface area contributed by atoms with E-state index in [0.29, 0.717) is 28.3 Å². The van der Waals surface area contributed by atoms with E-state index in [1.54, 1.807) is 51.4 Å². The van der Waals surface area contributed by atoms with Gasteiger partial charge in [-0.3, -0.25) is 19.6 Å². The van der Waals surface area contributed by atoms with Gasteiger partial charge in [0.05, 0.1) is 28.6 Å². The Morgan fingerprint density at radius 1 is 0.919 bits per heavy atom. The van der Waals surface area contributed by atoms with Gasteiger partial charge >= 0.3 is 0 Å². The van der Waals surface area contributed by atoms with Crippen molar-refractivity contribution in [1.82, 2.24) is 20.3 Å². The number of nitrogens with zero attached hydrogens (tertiary/aromatic N) is 4. The van der Waals surface area contributed by atoms with E-state index in [0.717, 1.165) is 22.4 Å². The fourth-order valence-corrected chi connectivity index (χ4v) is 3.74. The van der Waals surface area contributed by atoms with E-state index in [4.69, 9.17) is 4.98 Å². The number of anilines is 1. The second-order valence-electron chi connectivity index (χ2n) is 9.07. The highest BCUT2D eigenvalue weighted by Gasteiger charge is 2.22. The highest BCUT2D eigenvalue weighted by Crippen LogP contribution is 2.28. The second-order valence-corrected chi connectivity index (χ2v) is 9.07. The molecule has 0 saturated heterocycles. The van der Waals surface area contributed by atoms with Gasteiger partial charge in [-0.15, -0.1) is 0 Å². The Morgan fingerprint density at radius 3 is 2.43 bits per heavy atom. The minimum absolute atomic E-state index is 0.269. The van der Waals surface area contributed by atoms with Gasteiger partial charge in [-0.1, -0.05) is 12.1 Å². The van der Waals surface area contributed by atoms with Crippen molar-refractivity contribution in [3.8, 4) is 28.6 Å². The molecule has 1 aromatic carbocycles. The maximum absolute atomic E-state index is 13.0. The average molecular weight is 491 g/mol. The Balaban J connectivity index is 1.63. The molecule has 0 saturated carbocycles. The van der Waals surface area contributed by atoms with Crippen molar-refractivity contribution in [3.05, 3.63) is 95.6 Å². The quantitative estimate of drug-likeness (QED) is 0.395. The number of hydrogen-bond acceptors (Lipinski definition) is 6. The van der Waals surface area contributed by atoms with Crippen LogP contribution in [0.1, 0.15) is 46.0 Å². The largest absolute Gasteiger partial charge is 0.354 e. The molecule has 0 spiro atoms. The van der Waals surface area contributed by atoms with Gasteiger partial charge in [0.15, 0.2) is 0 Å². The molecule has 4 rings (SSSR count). The van der Waals surface area contributed by atoms with Crippen molar-refractivity contribution in [3.63, 3.8) is 0 Å². The van der Waals surface area contributed by atoms with Crippen LogP contribution in [0, 0.1) is 18.3 Å². The molecule has 2 amide bonds. The predicted octanol–water partition coefficient (Wildman–Crippen LogP) is 4.93. The lowest BCUT2D eigenvalue weighted by atomic mass is 9.90. The van der Waals surface area contributed by atoms with Crippen LogP contribution in [0.4, 0.5) is 5.69 Å². The molecule has 184 valence electrons. The number of aromatic nitrogens is 3. The molecule has 3 aromatic heterocycles. The third-order valence-corrected chi connectivity index (χ3v) is 5.98. The molecule has 0 atom stereocenters. The SMILES string of the molecule is CNC(=O)c1cc(-c2cccc(-c3cc(NC(=O)c4ccnc(C(C)(C)C#N)c4)ccc3C)n2)ccn1. The van der Waals surface area contributed by atoms with Crippen molar-refractivity contribution in [2.45, 2.75) is 26.2 Å². The van der Waals surface area contributed by atoms with E-state index >= 15 is 0 Å². The van der Waals surface area contributed by atoms with Crippen molar-refractivity contribution >= 4 is 17.5 Å². The number of amides is 2. The predicted molar refractivity (Wildman–Crippen MR) is 142 cm³/mol. The summed E-state index contributed by atoms with van der Waals surface area (Å²) in [6, 6.07) is 20.3. The summed E-state index contributed by atoms with van der Waals surface area (Å²) < 4.78 is 0. The number of aryl methyl sites for hydroxylation is 1. The van der Waals surface area contributed by atoms with Gasteiger partial charge in [-0.2, -0.15) is 5.26 Å². The molecule has 0 aliphatic heterocycles. The summed E-state index contributed by atoms with van der Waals surface area (Å²) in [5, 5.41) is 14.9. The molecule has 0 unspecified atom stereocenters. The summed E-state index contributed by atoms with van der Waals surface area (Å²) in [7, 11) is 1.56. The van der Waals surface area contributed by atoms with Gasteiger partial charge in [-0.25, -0.2) is 4.98 Å². The summed E-state index contributed by atoms with van der Waals surface area (Å²) in [5.41, 5.74) is 5.11. The van der Waals surface area contributed by atoms with Gasteiger partial charge < -0.3 is 10.6 Å². The summed E-state index contributed by atoms with van der Waals surface area (Å²) in [6.45, 7) is 5.50. The highest BCUT2D eigenvalue weighted by molar-refractivity contribution is 6.04. The van der Waals surface area contributed by atoms with Crippen LogP contribution in [-0.2, 0) is 5.41 Å². The molecule has 0 radical (unpaired) electrons. The Bertz CT molecular complexity index is 1540. The molecule has 8 heteroatoms. The number of carbonyl (C=O) groups is 2. The molecular formula is C29H26N6O2. The highest BCUT2D eigenvalue weighted by atomic mass is 16.2. The van der Waals surface area contributed by atoms with Gasteiger partial charge in [0.25, 0.3) is 11.8 Å². The molecule has 0 aliphatic carbocycles. The molecule has 0 bridgehead atoms. The van der Waals surface area contributed by atoms with Crippen LogP contribution in [0.2, 0.25) is 0 Å². The van der Waals surface area contributed by atoms with Gasteiger partial charge in [0, 0.05) is 41.8 Å². The van der Waals surface area contributed by atoms with E-state index in [1.807, 2.05) is 43.3 Å². The number of hydrogen-bond donors (Lipinski definition) is 2. The Kier molecular flexibility index (Phi) is 7.07. The van der Waals surface area contributed by atoms with Crippen molar-refractivity contribution < 1.29 is 9.59 Å². The molecule has 8 nitrogen and oxygen atoms in total. The van der Waals surface area contributed by atoms with Gasteiger partial charge in [0.2, 0.25) is 0 Å². The van der Waals surface area contributed by atoms with E-state index in [9.17, 15) is 14.9 Å². The monoisotopic (exact) mass is 490 g/mol. The maximum Gasteiger partial charge on any atom is 0.269 e. The lowest BCUT2D eigenvalue weighted by Gasteiger charge is -2.15. The molecule has 3 heterocycles. The normalized spacial score (nSPS) is 10.9. The second kappa shape index (κ2) is 10.4. The van der Waals surface area contributed by atoms with E-state index in [1.165, 1.54) is 6.20 Å². The minimum Gasteiger partial charge on any atom is -0.354 e. The third kappa shape index (κ3) is 5.52. The zero-order valence-corrected chi connectivity index (χ0v) is 21.0. The van der Waals surface area contributed by atoms with Crippen LogP contribution in [0.15, 0.2) is 73.1 Å². The summed E-state index contributed by atoms with van der Waals surface area (Å²) in [5.74, 6) is -0.567. The Hall–Kier alpha value is -4.90. The first-order valence-corrected chi connectivity index (χ1v) is 11.7. The standard InChI is InChI=1S/C29H26N6O2/c1-18-8-9-21(34-27(36)20-11-13-33-26(15-20)29(2,3)17-30)16-22(18)24-7-5-6-23(35-24)19-10-12-32-25(14-19)28(37)31-4/h5-16H,1-4H3,(H,31,37)(H,34,36). The number of benzene rings is 1. The van der Waals surface area contributed by atoms with Gasteiger partial charge in [-0.05, 0) is 74.9 Å². The first-order chi connectivity index (χ1) is 17.7. The zero-order chi connectivity index (χ0) is 26.6. The minimum atomic E-state index is -0.806. The van der Waals surface area contributed by atoms with Gasteiger partial charge in [0.1, 0.15) is 5.69 Å². The van der Waals surface area contributed by atoms with E-state index in [-0.39, 0.29) is 11.8 Å². The third-order valence-electron chi connectivity index (χ3n) is 5.98. The smallest absolute Gasteiger partial charge is 0.269 e. The van der Waals surface area contributed by atoms with Crippen LogP contribution in [0.25, 0.3) is 22.5 Å². The Morgan fingerprint density at radius 2 is 1.68 bits per heavy atom. The molecule has 37 heavy (non-hydrogen) atoms. The van der Waals surface area contributed by atoms with Crippen LogP contribution in [0.5, 0.6) is 0 Å². The number of nitriles is 1. The number of nitrogens with one attached hydrogen (secondary N) is 2. The number of pyridine rings is 3. The van der Waals surface area contributed by atoms with Crippen LogP contribution < -0.4 is 10.6 Å². The number of carbonyl (C=O) groups excluding carboxylic acids is 2. The molecule has 0 fully saturated rings. The van der Waals surface area contributed by atoms with Crippen molar-refractivity contribution in [2.24, 2.45) is 0 Å². The van der Waals surface area contributed by atoms with Crippen molar-refractivity contribution in [1.29, 1.82) is 5.26 Å². The Labute approximate surface area is 215 Å². The van der Waals surface area contributed by atoms with E-state index in [2.05, 4.69) is 26.7 Å². The van der Waals surface area contributed by atoms with Crippen LogP contribution >= 0.6 is 0 Å². The topological polar surface area (TPSA) is 121 Å². The molecule has 4 aromatic rings. The lowest BCUT2D eigenvalue weighted by molar-refractivity contribution is 0.0957. The van der Waals surface area contributed by atoms with Crippen molar-refractivity contribution in [2.75, 3.05) is 12.4 Å². The summed E-state index contributed by atoms with van der Waals surface area (Å²) in [6.07, 6.45) is 3.12. The summed E-state index contributed by atoms with van der Waals surface area (Å²) in [4.78, 5) is 38.2. The molecule has 2 N–H and O–H groups in total. The first-order valence-electron chi connectivity index (χ1n) is 11.7. The number of rotatable bonds is 6. The molecule has 0 aliphatic rings. The average Bonchev–Trinajstić information content (AvgIpc) is 2.93. The molecular weight excluding hydrogens is 464 g/mol. The lowest BCUT2D eigenvalue weighted by Crippen LogP contribution is -2.19. The fourth-order valence-electron chi connectivity index (χ4n) is 3.74. The van der Waals surface area contributed by atoms with Crippen LogP contribution in [0.3, 0.4) is 0 Å². The maximum atomic E-state index is 13.0. The van der Waals surface area contributed by atoms with E-state index < -0.39 is 5.41 Å². The fraction of sp³-hybridized carbons (Fsp3) is 0.172. The first kappa shape index (κ1) is 25.2. The van der Waals surface area contributed by atoms with Crippen LogP contribution in [-0.4, -0.2) is 33.8 Å². The zero-order valence-electron chi connectivity index (χ0n) is 21.0. The summed E-state index contributed by atoms with van der Waals surface area (Å²) >= 11 is 0.